The second kappa shape index (κ2) is 5.80. The number of hydrogen-bond acceptors (Lipinski definition) is 6. The number of halogens is 3. The number of pyridine rings is 1. The van der Waals surface area contributed by atoms with Crippen molar-refractivity contribution < 1.29 is 22.7 Å². The number of rotatable bonds is 5. The van der Waals surface area contributed by atoms with E-state index in [1.807, 2.05) is 0 Å². The van der Waals surface area contributed by atoms with Gasteiger partial charge in [-0.2, -0.15) is 13.2 Å². The number of alkyl halides is 3. The van der Waals surface area contributed by atoms with Crippen molar-refractivity contribution in [3.05, 3.63) is 24.0 Å². The maximum Gasteiger partial charge on any atom is 0.421 e. The average molecular weight is 373 g/mol. The van der Waals surface area contributed by atoms with Crippen molar-refractivity contribution in [2.24, 2.45) is 17.4 Å². The lowest BCUT2D eigenvalue weighted by molar-refractivity contribution is -0.139. The molecule has 2 aliphatic rings. The Morgan fingerprint density at radius 3 is 2.58 bits per heavy atom. The molecular weight excluding hydrogens is 351 g/mol. The van der Waals surface area contributed by atoms with Gasteiger partial charge in [0, 0.05) is 25.5 Å². The molecule has 144 valence electrons. The summed E-state index contributed by atoms with van der Waals surface area (Å²) in [6, 6.07) is 1.14. The Kier molecular flexibility index (Phi) is 4.21. The van der Waals surface area contributed by atoms with Crippen molar-refractivity contribution in [1.82, 2.24) is 15.6 Å². The molecule has 7 nitrogen and oxygen atoms in total. The number of nitrogens with two attached hydrogens (primary N) is 2. The third kappa shape index (κ3) is 3.01. The Hall–Kier alpha value is -1.91. The number of ether oxygens (including phenoxy) is 1. The van der Waals surface area contributed by atoms with Crippen molar-refractivity contribution in [2.45, 2.75) is 36.6 Å². The minimum Gasteiger partial charge on any atom is -0.490 e. The Morgan fingerprint density at radius 1 is 1.38 bits per heavy atom. The van der Waals surface area contributed by atoms with Crippen LogP contribution in [0.15, 0.2) is 18.5 Å². The summed E-state index contributed by atoms with van der Waals surface area (Å²) in [4.78, 5) is 16.0. The van der Waals surface area contributed by atoms with Crippen LogP contribution in [-0.4, -0.2) is 47.2 Å². The van der Waals surface area contributed by atoms with E-state index < -0.39 is 34.3 Å². The molecule has 1 amide bonds. The van der Waals surface area contributed by atoms with E-state index in [1.165, 1.54) is 6.20 Å². The summed E-state index contributed by atoms with van der Waals surface area (Å²) in [5.41, 5.74) is 8.88. The zero-order chi connectivity index (χ0) is 19.4. The van der Waals surface area contributed by atoms with Crippen LogP contribution in [0.4, 0.5) is 13.2 Å². The Balaban J connectivity index is 1.63. The van der Waals surface area contributed by atoms with Gasteiger partial charge in [0.1, 0.15) is 17.9 Å². The van der Waals surface area contributed by atoms with E-state index in [1.54, 1.807) is 13.8 Å². The third-order valence-corrected chi connectivity index (χ3v) is 5.05. The van der Waals surface area contributed by atoms with E-state index in [0.717, 1.165) is 6.07 Å². The topological polar surface area (TPSA) is 115 Å². The molecule has 0 radical (unpaired) electrons. The lowest BCUT2D eigenvalue weighted by Gasteiger charge is -2.28. The quantitative estimate of drug-likeness (QED) is 0.578. The van der Waals surface area contributed by atoms with Gasteiger partial charge in [-0.1, -0.05) is 0 Å². The monoisotopic (exact) mass is 373 g/mol. The number of carbonyl (C=O) groups excluding carboxylic acids is 1. The van der Waals surface area contributed by atoms with Crippen LogP contribution in [0.5, 0.6) is 5.75 Å². The van der Waals surface area contributed by atoms with Crippen molar-refractivity contribution >= 4 is 5.91 Å². The van der Waals surface area contributed by atoms with Crippen LogP contribution in [0.1, 0.15) is 19.4 Å². The van der Waals surface area contributed by atoms with Crippen LogP contribution in [0, 0.1) is 5.92 Å². The SMILES string of the molecule is CC(C)(COc1ccncc1C(F)(F)F)NC(=O)[C@H]1[C@]2(N)CNC[C@]12N. The smallest absolute Gasteiger partial charge is 0.421 e. The van der Waals surface area contributed by atoms with Crippen molar-refractivity contribution in [2.75, 3.05) is 19.7 Å². The molecule has 1 aromatic heterocycles. The molecule has 1 aliphatic carbocycles. The minimum atomic E-state index is -4.58. The van der Waals surface area contributed by atoms with Gasteiger partial charge in [-0.05, 0) is 19.9 Å². The lowest BCUT2D eigenvalue weighted by Crippen LogP contribution is -2.51. The molecule has 1 saturated carbocycles. The summed E-state index contributed by atoms with van der Waals surface area (Å²) in [5, 5.41) is 5.83. The average Bonchev–Trinajstić information content (AvgIpc) is 2.83. The van der Waals surface area contributed by atoms with Gasteiger partial charge in [0.2, 0.25) is 5.91 Å². The van der Waals surface area contributed by atoms with E-state index in [2.05, 4.69) is 15.6 Å². The molecule has 2 heterocycles. The molecule has 0 aromatic carbocycles. The second-order valence-electron chi connectivity index (χ2n) is 7.65. The van der Waals surface area contributed by atoms with E-state index in [0.29, 0.717) is 19.3 Å². The maximum absolute atomic E-state index is 13.0. The first-order valence-electron chi connectivity index (χ1n) is 8.15. The molecule has 0 bridgehead atoms. The van der Waals surface area contributed by atoms with E-state index in [4.69, 9.17) is 16.2 Å². The van der Waals surface area contributed by atoms with Crippen LogP contribution < -0.4 is 26.8 Å². The van der Waals surface area contributed by atoms with Gasteiger partial charge in [-0.15, -0.1) is 0 Å². The van der Waals surface area contributed by atoms with Gasteiger partial charge in [0.15, 0.2) is 0 Å². The summed E-state index contributed by atoms with van der Waals surface area (Å²) < 4.78 is 44.3. The fraction of sp³-hybridized carbons (Fsp3) is 0.625. The minimum absolute atomic E-state index is 0.161. The molecule has 0 spiro atoms. The fourth-order valence-electron chi connectivity index (χ4n) is 3.55. The predicted molar refractivity (Wildman–Crippen MR) is 87.2 cm³/mol. The van der Waals surface area contributed by atoms with Crippen LogP contribution in [0.2, 0.25) is 0 Å². The highest BCUT2D eigenvalue weighted by atomic mass is 19.4. The zero-order valence-corrected chi connectivity index (χ0v) is 14.5. The number of nitrogens with one attached hydrogen (secondary N) is 2. The molecule has 10 heteroatoms. The second-order valence-corrected chi connectivity index (χ2v) is 7.65. The normalized spacial score (nSPS) is 30.7. The van der Waals surface area contributed by atoms with Gasteiger partial charge in [0.05, 0.1) is 22.5 Å². The summed E-state index contributed by atoms with van der Waals surface area (Å²) in [7, 11) is 0. The zero-order valence-electron chi connectivity index (χ0n) is 14.5. The standard InChI is InChI=1S/C16H22F3N5O2/c1-13(2,8-26-10-3-4-22-5-9(10)16(17,18)19)24-12(25)11-14(20)6-23-7-15(11,14)21/h3-5,11,23H,6-8,20-21H2,1-2H3,(H,24,25)/t11-,14+,15-. The molecule has 1 aromatic rings. The first-order valence-corrected chi connectivity index (χ1v) is 8.15. The van der Waals surface area contributed by atoms with Crippen molar-refractivity contribution in [1.29, 1.82) is 0 Å². The molecule has 6 N–H and O–H groups in total. The van der Waals surface area contributed by atoms with Crippen molar-refractivity contribution in [3.63, 3.8) is 0 Å². The predicted octanol–water partition coefficient (Wildman–Crippen LogP) is 0.00200. The van der Waals surface area contributed by atoms with E-state index in [-0.39, 0.29) is 18.3 Å². The summed E-state index contributed by atoms with van der Waals surface area (Å²) >= 11 is 0. The number of piperidine rings is 1. The first kappa shape index (κ1) is 18.9. The highest BCUT2D eigenvalue weighted by Gasteiger charge is 2.78. The molecule has 1 saturated heterocycles. The van der Waals surface area contributed by atoms with Crippen molar-refractivity contribution in [3.8, 4) is 5.75 Å². The highest BCUT2D eigenvalue weighted by molar-refractivity contribution is 5.88. The van der Waals surface area contributed by atoms with E-state index >= 15 is 0 Å². The molecular formula is C16H22F3N5O2. The first-order chi connectivity index (χ1) is 11.9. The molecule has 26 heavy (non-hydrogen) atoms. The summed E-state index contributed by atoms with van der Waals surface area (Å²) in [6.45, 7) is 4.05. The molecule has 2 fully saturated rings. The molecule has 3 atom stereocenters. The summed E-state index contributed by atoms with van der Waals surface area (Å²) in [6.07, 6.45) is -2.66. The third-order valence-electron chi connectivity index (χ3n) is 5.05. The molecule has 0 unspecified atom stereocenters. The lowest BCUT2D eigenvalue weighted by atomic mass is 10.1. The molecule has 3 rings (SSSR count). The van der Waals surface area contributed by atoms with Crippen LogP contribution in [-0.2, 0) is 11.0 Å². The highest BCUT2D eigenvalue weighted by Crippen LogP contribution is 2.53. The maximum atomic E-state index is 13.0. The van der Waals surface area contributed by atoms with Gasteiger partial charge in [-0.3, -0.25) is 9.78 Å². The Bertz CT molecular complexity index is 710. The van der Waals surface area contributed by atoms with Gasteiger partial charge < -0.3 is 26.8 Å². The Labute approximate surface area is 148 Å². The number of amides is 1. The van der Waals surface area contributed by atoms with Gasteiger partial charge >= 0.3 is 6.18 Å². The van der Waals surface area contributed by atoms with Crippen LogP contribution in [0.25, 0.3) is 0 Å². The number of nitrogens with zero attached hydrogens (tertiary/aromatic N) is 1. The van der Waals surface area contributed by atoms with E-state index in [9.17, 15) is 18.0 Å². The number of carbonyl (C=O) groups is 1. The van der Waals surface area contributed by atoms with Crippen LogP contribution >= 0.6 is 0 Å². The fourth-order valence-corrected chi connectivity index (χ4v) is 3.55. The Morgan fingerprint density at radius 2 is 2.00 bits per heavy atom. The number of hydrogen-bond donors (Lipinski definition) is 4. The van der Waals surface area contributed by atoms with Crippen LogP contribution in [0.3, 0.4) is 0 Å². The molecule has 1 aliphatic heterocycles. The number of fused-ring (bicyclic) bond motifs is 1. The number of aromatic nitrogens is 1. The van der Waals surface area contributed by atoms with Gasteiger partial charge in [0.25, 0.3) is 0 Å². The summed E-state index contributed by atoms with van der Waals surface area (Å²) in [5.74, 6) is -1.20. The largest absolute Gasteiger partial charge is 0.490 e. The van der Waals surface area contributed by atoms with Gasteiger partial charge in [-0.25, -0.2) is 0 Å².